The van der Waals surface area contributed by atoms with Crippen molar-refractivity contribution in [2.45, 2.75) is 6.92 Å². The summed E-state index contributed by atoms with van der Waals surface area (Å²) in [6.45, 7) is 2.02. The van der Waals surface area contributed by atoms with Gasteiger partial charge in [0, 0.05) is 15.8 Å². The van der Waals surface area contributed by atoms with Crippen molar-refractivity contribution in [1.82, 2.24) is 9.66 Å². The van der Waals surface area contributed by atoms with Gasteiger partial charge in [0.05, 0.1) is 16.5 Å². The highest BCUT2D eigenvalue weighted by Gasteiger charge is 2.13. The maximum Gasteiger partial charge on any atom is 0.283 e. The van der Waals surface area contributed by atoms with Crippen molar-refractivity contribution in [1.29, 1.82) is 0 Å². The van der Waals surface area contributed by atoms with Crippen molar-refractivity contribution in [3.05, 3.63) is 61.5 Å². The van der Waals surface area contributed by atoms with Crippen LogP contribution in [0.3, 0.4) is 0 Å². The molecule has 0 N–H and O–H groups in total. The van der Waals surface area contributed by atoms with Crippen molar-refractivity contribution >= 4 is 50.4 Å². The SMILES string of the molecule is Cc1ccsc1/C=N/n1cnc2scc(-c3cccs3)c2c1=O. The molecule has 4 heterocycles. The normalized spacial score (nSPS) is 11.7. The van der Waals surface area contributed by atoms with Crippen molar-refractivity contribution in [2.75, 3.05) is 0 Å². The number of hydrogen-bond acceptors (Lipinski definition) is 6. The Bertz CT molecular complexity index is 1050. The molecule has 23 heavy (non-hydrogen) atoms. The van der Waals surface area contributed by atoms with E-state index in [1.54, 1.807) is 28.9 Å². The van der Waals surface area contributed by atoms with Gasteiger partial charge >= 0.3 is 0 Å². The Labute approximate surface area is 144 Å². The van der Waals surface area contributed by atoms with Crippen LogP contribution in [0.5, 0.6) is 0 Å². The molecule has 0 aliphatic heterocycles. The van der Waals surface area contributed by atoms with Crippen molar-refractivity contribution in [3.63, 3.8) is 0 Å². The molecule has 4 aromatic heterocycles. The van der Waals surface area contributed by atoms with Crippen LogP contribution in [-0.2, 0) is 0 Å². The van der Waals surface area contributed by atoms with Crippen LogP contribution in [-0.4, -0.2) is 15.9 Å². The maximum absolute atomic E-state index is 12.8. The average Bonchev–Trinajstić information content (AvgIpc) is 3.26. The van der Waals surface area contributed by atoms with Crippen LogP contribution in [0.1, 0.15) is 10.4 Å². The van der Waals surface area contributed by atoms with Gasteiger partial charge in [-0.25, -0.2) is 4.98 Å². The molecule has 0 unspecified atom stereocenters. The van der Waals surface area contributed by atoms with Crippen LogP contribution in [0.2, 0.25) is 0 Å². The third-order valence-electron chi connectivity index (χ3n) is 3.47. The molecule has 0 radical (unpaired) electrons. The number of fused-ring (bicyclic) bond motifs is 1. The number of rotatable bonds is 3. The average molecular weight is 357 g/mol. The quantitative estimate of drug-likeness (QED) is 0.509. The first kappa shape index (κ1) is 14.5. The minimum atomic E-state index is -0.134. The fourth-order valence-electron chi connectivity index (χ4n) is 2.25. The highest BCUT2D eigenvalue weighted by molar-refractivity contribution is 7.18. The summed E-state index contributed by atoms with van der Waals surface area (Å²) < 4.78 is 1.31. The standard InChI is InChI=1S/C16H11N3OS3/c1-10-4-6-22-13(10)7-18-19-9-17-15-14(16(19)20)11(8-23-15)12-3-2-5-21-12/h2-9H,1H3/b18-7+. The maximum atomic E-state index is 12.8. The highest BCUT2D eigenvalue weighted by atomic mass is 32.1. The van der Waals surface area contributed by atoms with Crippen molar-refractivity contribution < 1.29 is 0 Å². The molecular weight excluding hydrogens is 346 g/mol. The molecule has 0 amide bonds. The van der Waals surface area contributed by atoms with Gasteiger partial charge in [0.2, 0.25) is 0 Å². The van der Waals surface area contributed by atoms with Crippen molar-refractivity contribution in [2.24, 2.45) is 5.10 Å². The Balaban J connectivity index is 1.85. The molecule has 4 aromatic rings. The van der Waals surface area contributed by atoms with E-state index in [1.165, 1.54) is 22.3 Å². The molecular formula is C16H11N3OS3. The van der Waals surface area contributed by atoms with Crippen LogP contribution in [0.15, 0.2) is 50.6 Å². The van der Waals surface area contributed by atoms with Gasteiger partial charge in [0.15, 0.2) is 0 Å². The summed E-state index contributed by atoms with van der Waals surface area (Å²) >= 11 is 4.70. The van der Waals surface area contributed by atoms with E-state index in [9.17, 15) is 4.79 Å². The highest BCUT2D eigenvalue weighted by Crippen LogP contribution is 2.33. The Morgan fingerprint density at radius 1 is 1.22 bits per heavy atom. The first-order chi connectivity index (χ1) is 11.2. The molecule has 114 valence electrons. The lowest BCUT2D eigenvalue weighted by atomic mass is 10.2. The lowest BCUT2D eigenvalue weighted by Crippen LogP contribution is -2.16. The fourth-order valence-corrected chi connectivity index (χ4v) is 4.75. The van der Waals surface area contributed by atoms with Crippen LogP contribution < -0.4 is 5.56 Å². The largest absolute Gasteiger partial charge is 0.283 e. The molecule has 0 aliphatic carbocycles. The van der Waals surface area contributed by atoms with Gasteiger partial charge in [-0.15, -0.1) is 34.0 Å². The van der Waals surface area contributed by atoms with Gasteiger partial charge in [0.25, 0.3) is 5.56 Å². The Kier molecular flexibility index (Phi) is 3.68. The molecule has 0 fully saturated rings. The second-order valence-electron chi connectivity index (χ2n) is 4.91. The topological polar surface area (TPSA) is 47.2 Å². The number of nitrogens with zero attached hydrogens (tertiary/aromatic N) is 3. The van der Waals surface area contributed by atoms with Gasteiger partial charge in [0.1, 0.15) is 11.2 Å². The van der Waals surface area contributed by atoms with Crippen LogP contribution in [0.4, 0.5) is 0 Å². The van der Waals surface area contributed by atoms with E-state index in [0.717, 1.165) is 25.7 Å². The lowest BCUT2D eigenvalue weighted by molar-refractivity contribution is 0.819. The molecule has 0 saturated carbocycles. The van der Waals surface area contributed by atoms with Crippen LogP contribution in [0.25, 0.3) is 20.7 Å². The van der Waals surface area contributed by atoms with E-state index in [-0.39, 0.29) is 5.56 Å². The summed E-state index contributed by atoms with van der Waals surface area (Å²) in [5, 5.41) is 10.9. The zero-order valence-electron chi connectivity index (χ0n) is 12.1. The van der Waals surface area contributed by atoms with E-state index < -0.39 is 0 Å². The zero-order chi connectivity index (χ0) is 15.8. The predicted molar refractivity (Wildman–Crippen MR) is 99.2 cm³/mol. The molecule has 0 aromatic carbocycles. The molecule has 4 nitrogen and oxygen atoms in total. The molecule has 4 rings (SSSR count). The predicted octanol–water partition coefficient (Wildman–Crippen LogP) is 4.44. The Morgan fingerprint density at radius 2 is 2.13 bits per heavy atom. The minimum Gasteiger partial charge on any atom is -0.267 e. The fraction of sp³-hybridized carbons (Fsp3) is 0.0625. The second kappa shape index (κ2) is 5.84. The summed E-state index contributed by atoms with van der Waals surface area (Å²) in [5.74, 6) is 0. The van der Waals surface area contributed by atoms with Crippen LogP contribution >= 0.6 is 34.0 Å². The van der Waals surface area contributed by atoms with E-state index in [1.807, 2.05) is 41.3 Å². The molecule has 0 bridgehead atoms. The summed E-state index contributed by atoms with van der Waals surface area (Å²) in [6.07, 6.45) is 3.20. The summed E-state index contributed by atoms with van der Waals surface area (Å²) in [7, 11) is 0. The number of hydrogen-bond donors (Lipinski definition) is 0. The monoisotopic (exact) mass is 357 g/mol. The lowest BCUT2D eigenvalue weighted by Gasteiger charge is -1.99. The van der Waals surface area contributed by atoms with Gasteiger partial charge in [-0.1, -0.05) is 6.07 Å². The third kappa shape index (κ3) is 2.56. The summed E-state index contributed by atoms with van der Waals surface area (Å²) in [6, 6.07) is 6.03. The van der Waals surface area contributed by atoms with Gasteiger partial charge in [-0.3, -0.25) is 4.79 Å². The first-order valence-electron chi connectivity index (χ1n) is 6.85. The number of thiophene rings is 3. The first-order valence-corrected chi connectivity index (χ1v) is 9.49. The summed E-state index contributed by atoms with van der Waals surface area (Å²) in [4.78, 5) is 20.0. The van der Waals surface area contributed by atoms with E-state index in [4.69, 9.17) is 0 Å². The van der Waals surface area contributed by atoms with E-state index in [2.05, 4.69) is 10.1 Å². The smallest absolute Gasteiger partial charge is 0.267 e. The molecule has 0 saturated heterocycles. The van der Waals surface area contributed by atoms with Gasteiger partial charge in [-0.2, -0.15) is 9.78 Å². The van der Waals surface area contributed by atoms with Crippen molar-refractivity contribution in [3.8, 4) is 10.4 Å². The Hall–Kier alpha value is -2.09. The minimum absolute atomic E-state index is 0.134. The molecule has 7 heteroatoms. The van der Waals surface area contributed by atoms with Gasteiger partial charge in [-0.05, 0) is 35.4 Å². The molecule has 0 spiro atoms. The van der Waals surface area contributed by atoms with Gasteiger partial charge < -0.3 is 0 Å². The molecule has 0 atom stereocenters. The van der Waals surface area contributed by atoms with E-state index in [0.29, 0.717) is 5.39 Å². The zero-order valence-corrected chi connectivity index (χ0v) is 14.5. The Morgan fingerprint density at radius 3 is 2.87 bits per heavy atom. The van der Waals surface area contributed by atoms with Crippen LogP contribution in [0, 0.1) is 6.92 Å². The number of aryl methyl sites for hydroxylation is 1. The van der Waals surface area contributed by atoms with E-state index >= 15 is 0 Å². The second-order valence-corrected chi connectivity index (χ2v) is 7.67. The summed E-state index contributed by atoms with van der Waals surface area (Å²) in [5.41, 5.74) is 1.95. The number of aromatic nitrogens is 2. The third-order valence-corrected chi connectivity index (χ3v) is 6.21. The molecule has 0 aliphatic rings.